The first-order chi connectivity index (χ1) is 5.82. The molecule has 1 nitrogen and oxygen atoms in total. The third-order valence-electron chi connectivity index (χ3n) is 1.86. The van der Waals surface area contributed by atoms with Crippen LogP contribution in [0.3, 0.4) is 0 Å². The molecule has 0 aliphatic rings. The summed E-state index contributed by atoms with van der Waals surface area (Å²) in [5, 5.41) is 1.36. The van der Waals surface area contributed by atoms with Gasteiger partial charge in [-0.15, -0.1) is 0 Å². The summed E-state index contributed by atoms with van der Waals surface area (Å²) in [6.45, 7) is 6.91. The molecule has 4 heteroatoms. The molecule has 1 aromatic carbocycles. The summed E-state index contributed by atoms with van der Waals surface area (Å²) < 4.78 is 2.20. The van der Waals surface area contributed by atoms with Crippen LogP contribution in [-0.2, 0) is 0 Å². The zero-order valence-corrected chi connectivity index (χ0v) is 12.2. The maximum Gasteiger partial charge on any atom is 0.0792 e. The van der Waals surface area contributed by atoms with E-state index in [-0.39, 0.29) is 0 Å². The molecule has 0 aliphatic heterocycles. The first kappa shape index (κ1) is 11.3. The molecule has 0 fully saturated rings. The highest BCUT2D eigenvalue weighted by Crippen LogP contribution is 2.25. The molecule has 0 aromatic heterocycles. The fraction of sp³-hybridized carbons (Fsp3) is 0.333. The average molecular weight is 323 g/mol. The van der Waals surface area contributed by atoms with Crippen LogP contribution in [0.15, 0.2) is 21.1 Å². The van der Waals surface area contributed by atoms with E-state index >= 15 is 0 Å². The average Bonchev–Trinajstić information content (AvgIpc) is 1.94. The molecule has 0 saturated carbocycles. The summed E-state index contributed by atoms with van der Waals surface area (Å²) in [5.74, 6) is 0. The molecule has 13 heavy (non-hydrogen) atoms. The fourth-order valence-electron chi connectivity index (χ4n) is 1.16. The van der Waals surface area contributed by atoms with Gasteiger partial charge in [-0.25, -0.2) is 0 Å². The van der Waals surface area contributed by atoms with Crippen molar-refractivity contribution in [3.8, 4) is 0 Å². The Morgan fingerprint density at radius 3 is 2.15 bits per heavy atom. The topological polar surface area (TPSA) is 26.0 Å². The molecule has 0 saturated heterocycles. The van der Waals surface area contributed by atoms with Gasteiger partial charge < -0.3 is 5.73 Å². The number of benzene rings is 1. The molecule has 0 atom stereocenters. The predicted molar refractivity (Wildman–Crippen MR) is 69.2 cm³/mol. The van der Waals surface area contributed by atoms with Gasteiger partial charge in [0, 0.05) is 14.6 Å². The van der Waals surface area contributed by atoms with Gasteiger partial charge in [-0.1, -0.05) is 19.6 Å². The fourth-order valence-corrected chi connectivity index (χ4v) is 5.22. The maximum absolute atomic E-state index is 5.80. The van der Waals surface area contributed by atoms with Gasteiger partial charge in [-0.3, -0.25) is 0 Å². The SMILES string of the molecule is C[Si](C)(C)c1cc(N)cc(Br)c1Br. The number of nitrogens with two attached hydrogens (primary N) is 1. The second-order valence-corrected chi connectivity index (χ2v) is 10.8. The van der Waals surface area contributed by atoms with Crippen LogP contribution in [0, 0.1) is 0 Å². The highest BCUT2D eigenvalue weighted by Gasteiger charge is 2.21. The number of rotatable bonds is 1. The van der Waals surface area contributed by atoms with Gasteiger partial charge in [-0.05, 0) is 49.2 Å². The molecule has 0 amide bonds. The van der Waals surface area contributed by atoms with E-state index in [0.29, 0.717) is 0 Å². The number of hydrogen-bond donors (Lipinski definition) is 1. The van der Waals surface area contributed by atoms with Crippen LogP contribution < -0.4 is 10.9 Å². The van der Waals surface area contributed by atoms with E-state index < -0.39 is 8.07 Å². The number of hydrogen-bond acceptors (Lipinski definition) is 1. The quantitative estimate of drug-likeness (QED) is 0.623. The molecule has 0 unspecified atom stereocenters. The Morgan fingerprint density at radius 1 is 1.15 bits per heavy atom. The highest BCUT2D eigenvalue weighted by molar-refractivity contribution is 9.13. The van der Waals surface area contributed by atoms with Crippen LogP contribution in [0.2, 0.25) is 19.6 Å². The Labute approximate surface area is 97.0 Å². The van der Waals surface area contributed by atoms with E-state index in [1.165, 1.54) is 5.19 Å². The molecule has 2 N–H and O–H groups in total. The van der Waals surface area contributed by atoms with Crippen molar-refractivity contribution in [3.05, 3.63) is 21.1 Å². The van der Waals surface area contributed by atoms with E-state index in [0.717, 1.165) is 14.6 Å². The van der Waals surface area contributed by atoms with Gasteiger partial charge in [0.05, 0.1) is 8.07 Å². The number of halogens is 2. The van der Waals surface area contributed by atoms with Gasteiger partial charge in [0.1, 0.15) is 0 Å². The minimum atomic E-state index is -1.30. The van der Waals surface area contributed by atoms with Gasteiger partial charge in [-0.2, -0.15) is 0 Å². The maximum atomic E-state index is 5.80. The second kappa shape index (κ2) is 3.75. The summed E-state index contributed by atoms with van der Waals surface area (Å²) in [6, 6.07) is 3.99. The summed E-state index contributed by atoms with van der Waals surface area (Å²) in [5.41, 5.74) is 6.62. The largest absolute Gasteiger partial charge is 0.399 e. The van der Waals surface area contributed by atoms with Crippen LogP contribution in [-0.4, -0.2) is 8.07 Å². The third-order valence-corrected chi connectivity index (χ3v) is 6.25. The highest BCUT2D eigenvalue weighted by atomic mass is 79.9. The first-order valence-corrected chi connectivity index (χ1v) is 9.16. The normalized spacial score (nSPS) is 11.8. The summed E-state index contributed by atoms with van der Waals surface area (Å²) >= 11 is 7.07. The Hall–Kier alpha value is 0.197. The van der Waals surface area contributed by atoms with Crippen LogP contribution >= 0.6 is 31.9 Å². The number of anilines is 1. The van der Waals surface area contributed by atoms with E-state index in [9.17, 15) is 0 Å². The van der Waals surface area contributed by atoms with E-state index in [1.54, 1.807) is 0 Å². The lowest BCUT2D eigenvalue weighted by molar-refractivity contribution is 1.58. The van der Waals surface area contributed by atoms with Crippen molar-refractivity contribution in [1.82, 2.24) is 0 Å². The molecule has 1 aromatic rings. The molecule has 0 heterocycles. The molecule has 0 bridgehead atoms. The third kappa shape index (κ3) is 2.57. The van der Waals surface area contributed by atoms with E-state index in [1.807, 2.05) is 6.07 Å². The van der Waals surface area contributed by atoms with Crippen LogP contribution in [0.4, 0.5) is 5.69 Å². The monoisotopic (exact) mass is 321 g/mol. The molecule has 0 spiro atoms. The van der Waals surface area contributed by atoms with Crippen molar-refractivity contribution in [2.45, 2.75) is 19.6 Å². The number of nitrogen functional groups attached to an aromatic ring is 1. The van der Waals surface area contributed by atoms with Crippen molar-refractivity contribution < 1.29 is 0 Å². The Morgan fingerprint density at radius 2 is 1.69 bits per heavy atom. The van der Waals surface area contributed by atoms with Gasteiger partial charge in [0.15, 0.2) is 0 Å². The van der Waals surface area contributed by atoms with Crippen molar-refractivity contribution >= 4 is 50.8 Å². The zero-order chi connectivity index (χ0) is 10.2. The molecule has 72 valence electrons. The van der Waals surface area contributed by atoms with Crippen LogP contribution in [0.5, 0.6) is 0 Å². The summed E-state index contributed by atoms with van der Waals surface area (Å²) in [7, 11) is -1.30. The van der Waals surface area contributed by atoms with Gasteiger partial charge >= 0.3 is 0 Å². The smallest absolute Gasteiger partial charge is 0.0792 e. The molecule has 0 radical (unpaired) electrons. The molecular formula is C9H13Br2NSi. The molecular weight excluding hydrogens is 310 g/mol. The second-order valence-electron chi connectivity index (χ2n) is 4.11. The molecule has 1 rings (SSSR count). The first-order valence-electron chi connectivity index (χ1n) is 4.07. The van der Waals surface area contributed by atoms with Crippen molar-refractivity contribution in [2.24, 2.45) is 0 Å². The van der Waals surface area contributed by atoms with Crippen molar-refractivity contribution in [2.75, 3.05) is 5.73 Å². The summed E-state index contributed by atoms with van der Waals surface area (Å²) in [6.07, 6.45) is 0. The lowest BCUT2D eigenvalue weighted by atomic mass is 10.3. The lowest BCUT2D eigenvalue weighted by Crippen LogP contribution is -2.38. The van der Waals surface area contributed by atoms with Gasteiger partial charge in [0.2, 0.25) is 0 Å². The van der Waals surface area contributed by atoms with E-state index in [2.05, 4.69) is 57.6 Å². The zero-order valence-electron chi connectivity index (χ0n) is 7.99. The van der Waals surface area contributed by atoms with E-state index in [4.69, 9.17) is 5.73 Å². The van der Waals surface area contributed by atoms with Gasteiger partial charge in [0.25, 0.3) is 0 Å². The van der Waals surface area contributed by atoms with Crippen LogP contribution in [0.25, 0.3) is 0 Å². The van der Waals surface area contributed by atoms with Crippen LogP contribution in [0.1, 0.15) is 0 Å². The standard InChI is InChI=1S/C9H13Br2NSi/c1-13(2,3)8-5-6(12)4-7(10)9(8)11/h4-5H,12H2,1-3H3. The minimum absolute atomic E-state index is 0.826. The van der Waals surface area contributed by atoms with Crippen molar-refractivity contribution in [1.29, 1.82) is 0 Å². The Balaban J connectivity index is 3.37. The van der Waals surface area contributed by atoms with Crippen molar-refractivity contribution in [3.63, 3.8) is 0 Å². The Kier molecular flexibility index (Phi) is 3.25. The summed E-state index contributed by atoms with van der Waals surface area (Å²) in [4.78, 5) is 0. The lowest BCUT2D eigenvalue weighted by Gasteiger charge is -2.19. The Bertz CT molecular complexity index is 331. The predicted octanol–water partition coefficient (Wildman–Crippen LogP) is 3.34. The molecule has 0 aliphatic carbocycles. The minimum Gasteiger partial charge on any atom is -0.399 e.